The third kappa shape index (κ3) is 3.66. The molecule has 1 aromatic rings. The van der Waals surface area contributed by atoms with Crippen LogP contribution >= 0.6 is 0 Å². The molecule has 0 spiro atoms. The summed E-state index contributed by atoms with van der Waals surface area (Å²) >= 11 is 0. The van der Waals surface area contributed by atoms with E-state index in [9.17, 15) is 9.18 Å². The minimum Gasteiger partial charge on any atom is -0.380 e. The number of hydrogen-bond donors (Lipinski definition) is 1. The Balaban J connectivity index is 2.79. The van der Waals surface area contributed by atoms with Gasteiger partial charge in [-0.05, 0) is 13.0 Å². The number of pyridine rings is 1. The molecular weight excluding hydrogens is 237 g/mol. The topological polar surface area (TPSA) is 54.5 Å². The lowest BCUT2D eigenvalue weighted by atomic mass is 10.2. The van der Waals surface area contributed by atoms with Gasteiger partial charge in [-0.15, -0.1) is 0 Å². The van der Waals surface area contributed by atoms with E-state index in [-0.39, 0.29) is 11.5 Å². The maximum atomic E-state index is 13.1. The van der Waals surface area contributed by atoms with E-state index in [1.807, 2.05) is 6.92 Å². The smallest absolute Gasteiger partial charge is 0.257 e. The fraction of sp³-hybridized carbons (Fsp3) is 0.500. The molecular formula is C12H18FN3O2. The highest BCUT2D eigenvalue weighted by Gasteiger charge is 2.17. The monoisotopic (exact) mass is 255 g/mol. The number of nitrogens with zero attached hydrogens (tertiary/aromatic N) is 2. The van der Waals surface area contributed by atoms with Gasteiger partial charge in [-0.3, -0.25) is 4.79 Å². The molecule has 0 bridgehead atoms. The van der Waals surface area contributed by atoms with Gasteiger partial charge in [0, 0.05) is 27.2 Å². The van der Waals surface area contributed by atoms with Gasteiger partial charge in [-0.25, -0.2) is 9.37 Å². The van der Waals surface area contributed by atoms with Crippen molar-refractivity contribution in [2.45, 2.75) is 6.92 Å². The van der Waals surface area contributed by atoms with Crippen LogP contribution in [0, 0.1) is 5.82 Å². The third-order valence-corrected chi connectivity index (χ3v) is 2.44. The summed E-state index contributed by atoms with van der Waals surface area (Å²) in [6.07, 6.45) is 1.07. The largest absolute Gasteiger partial charge is 0.380 e. The summed E-state index contributed by atoms with van der Waals surface area (Å²) in [5.41, 5.74) is 0.219. The fourth-order valence-corrected chi connectivity index (χ4v) is 1.45. The number of carbonyl (C=O) groups is 1. The number of anilines is 1. The Morgan fingerprint density at radius 1 is 1.61 bits per heavy atom. The van der Waals surface area contributed by atoms with E-state index < -0.39 is 5.82 Å². The van der Waals surface area contributed by atoms with Crippen LogP contribution in [0.15, 0.2) is 12.3 Å². The lowest BCUT2D eigenvalue weighted by Crippen LogP contribution is -2.31. The second-order valence-corrected chi connectivity index (χ2v) is 3.72. The van der Waals surface area contributed by atoms with Gasteiger partial charge in [-0.1, -0.05) is 0 Å². The molecule has 0 unspecified atom stereocenters. The van der Waals surface area contributed by atoms with Crippen molar-refractivity contribution in [3.63, 3.8) is 0 Å². The van der Waals surface area contributed by atoms with Crippen molar-refractivity contribution in [3.8, 4) is 0 Å². The molecule has 6 heteroatoms. The number of rotatable bonds is 6. The Kier molecular flexibility index (Phi) is 5.51. The molecule has 0 saturated heterocycles. The molecule has 1 aromatic heterocycles. The molecule has 18 heavy (non-hydrogen) atoms. The predicted molar refractivity (Wildman–Crippen MR) is 67.2 cm³/mol. The second kappa shape index (κ2) is 6.90. The van der Waals surface area contributed by atoms with Gasteiger partial charge < -0.3 is 15.0 Å². The molecule has 0 saturated carbocycles. The highest BCUT2D eigenvalue weighted by Crippen LogP contribution is 2.14. The van der Waals surface area contributed by atoms with Crippen LogP contribution in [0.4, 0.5) is 10.2 Å². The van der Waals surface area contributed by atoms with Crippen molar-refractivity contribution in [2.75, 3.05) is 39.2 Å². The van der Waals surface area contributed by atoms with Crippen molar-refractivity contribution in [1.82, 2.24) is 9.88 Å². The first-order valence-corrected chi connectivity index (χ1v) is 5.76. The van der Waals surface area contributed by atoms with Crippen LogP contribution in [0.3, 0.4) is 0 Å². The summed E-state index contributed by atoms with van der Waals surface area (Å²) < 4.78 is 18.3. The first-order valence-electron chi connectivity index (χ1n) is 5.76. The van der Waals surface area contributed by atoms with Crippen molar-refractivity contribution >= 4 is 11.7 Å². The van der Waals surface area contributed by atoms with Crippen LogP contribution in [0.25, 0.3) is 0 Å². The average Bonchev–Trinajstić information content (AvgIpc) is 2.38. The minimum atomic E-state index is -0.532. The van der Waals surface area contributed by atoms with Crippen LogP contribution in [-0.4, -0.2) is 49.6 Å². The highest BCUT2D eigenvalue weighted by atomic mass is 19.1. The van der Waals surface area contributed by atoms with E-state index in [1.54, 1.807) is 14.1 Å². The minimum absolute atomic E-state index is 0.219. The lowest BCUT2D eigenvalue weighted by molar-refractivity contribution is 0.0710. The number of carbonyl (C=O) groups excluding carboxylic acids is 1. The highest BCUT2D eigenvalue weighted by molar-refractivity contribution is 5.98. The van der Waals surface area contributed by atoms with Crippen LogP contribution in [-0.2, 0) is 4.74 Å². The molecule has 0 aromatic carbocycles. The van der Waals surface area contributed by atoms with Gasteiger partial charge in [0.2, 0.25) is 0 Å². The van der Waals surface area contributed by atoms with Crippen molar-refractivity contribution in [2.24, 2.45) is 0 Å². The number of amides is 1. The van der Waals surface area contributed by atoms with E-state index in [0.717, 1.165) is 6.20 Å². The molecule has 0 fully saturated rings. The van der Waals surface area contributed by atoms with Crippen LogP contribution in [0.1, 0.15) is 17.3 Å². The number of halogens is 1. The molecule has 100 valence electrons. The molecule has 1 N–H and O–H groups in total. The average molecular weight is 255 g/mol. The number of hydrogen-bond acceptors (Lipinski definition) is 4. The van der Waals surface area contributed by atoms with Gasteiger partial charge in [0.05, 0.1) is 18.4 Å². The lowest BCUT2D eigenvalue weighted by Gasteiger charge is -2.18. The first-order chi connectivity index (χ1) is 8.60. The van der Waals surface area contributed by atoms with Gasteiger partial charge in [-0.2, -0.15) is 0 Å². The summed E-state index contributed by atoms with van der Waals surface area (Å²) in [6, 6.07) is 1.18. The zero-order valence-electron chi connectivity index (χ0n) is 10.9. The summed E-state index contributed by atoms with van der Waals surface area (Å²) in [7, 11) is 3.28. The number of aromatic nitrogens is 1. The molecule has 0 aliphatic heterocycles. The van der Waals surface area contributed by atoms with Crippen LogP contribution < -0.4 is 5.32 Å². The summed E-state index contributed by atoms with van der Waals surface area (Å²) in [5.74, 6) is -0.453. The molecule has 0 atom stereocenters. The van der Waals surface area contributed by atoms with Gasteiger partial charge in [0.15, 0.2) is 0 Å². The molecule has 5 nitrogen and oxygen atoms in total. The van der Waals surface area contributed by atoms with Gasteiger partial charge >= 0.3 is 0 Å². The van der Waals surface area contributed by atoms with Gasteiger partial charge in [0.1, 0.15) is 11.6 Å². The number of nitrogens with one attached hydrogen (secondary N) is 1. The normalized spacial score (nSPS) is 10.2. The molecule has 0 aliphatic carbocycles. The Hall–Kier alpha value is -1.69. The molecule has 0 radical (unpaired) electrons. The predicted octanol–water partition coefficient (Wildman–Crippen LogP) is 1.37. The molecule has 1 heterocycles. The van der Waals surface area contributed by atoms with Crippen molar-refractivity contribution in [1.29, 1.82) is 0 Å². The SMILES string of the molecule is CCOCCN(C)C(=O)c1cc(F)cnc1NC. The van der Waals surface area contributed by atoms with E-state index >= 15 is 0 Å². The zero-order chi connectivity index (χ0) is 13.5. The molecule has 0 aliphatic rings. The molecule has 1 amide bonds. The number of ether oxygens (including phenoxy) is 1. The van der Waals surface area contributed by atoms with E-state index in [1.165, 1.54) is 11.0 Å². The Bertz CT molecular complexity index is 412. The van der Waals surface area contributed by atoms with Crippen molar-refractivity contribution < 1.29 is 13.9 Å². The fourth-order valence-electron chi connectivity index (χ4n) is 1.45. The standard InChI is InChI=1S/C12H18FN3O2/c1-4-18-6-5-16(3)12(17)10-7-9(13)8-15-11(10)14-2/h7-8H,4-6H2,1-3H3,(H,14,15). The van der Waals surface area contributed by atoms with E-state index in [0.29, 0.717) is 25.6 Å². The number of likely N-dealkylation sites (N-methyl/N-ethyl adjacent to an activating group) is 1. The van der Waals surface area contributed by atoms with Crippen LogP contribution in [0.2, 0.25) is 0 Å². The Labute approximate surface area is 106 Å². The second-order valence-electron chi connectivity index (χ2n) is 3.72. The summed E-state index contributed by atoms with van der Waals surface area (Å²) in [4.78, 5) is 17.4. The van der Waals surface area contributed by atoms with Crippen molar-refractivity contribution in [3.05, 3.63) is 23.6 Å². The summed E-state index contributed by atoms with van der Waals surface area (Å²) in [6.45, 7) is 3.39. The first kappa shape index (κ1) is 14.4. The maximum absolute atomic E-state index is 13.1. The van der Waals surface area contributed by atoms with E-state index in [2.05, 4.69) is 10.3 Å². The maximum Gasteiger partial charge on any atom is 0.257 e. The van der Waals surface area contributed by atoms with Gasteiger partial charge in [0.25, 0.3) is 5.91 Å². The summed E-state index contributed by atoms with van der Waals surface area (Å²) in [5, 5.41) is 2.77. The third-order valence-electron chi connectivity index (χ3n) is 2.44. The molecule has 1 rings (SSSR count). The Morgan fingerprint density at radius 3 is 2.94 bits per heavy atom. The Morgan fingerprint density at radius 2 is 2.33 bits per heavy atom. The zero-order valence-corrected chi connectivity index (χ0v) is 10.9. The van der Waals surface area contributed by atoms with Crippen LogP contribution in [0.5, 0.6) is 0 Å². The van der Waals surface area contributed by atoms with E-state index in [4.69, 9.17) is 4.74 Å². The quantitative estimate of drug-likeness (QED) is 0.780.